The Hall–Kier alpha value is -1.80. The minimum Gasteiger partial charge on any atom is -0.369 e. The molecule has 8 heteroatoms. The average molecular weight is 383 g/mol. The van der Waals surface area contributed by atoms with Crippen LogP contribution in [-0.2, 0) is 14.8 Å². The van der Waals surface area contributed by atoms with Crippen LogP contribution in [0.5, 0.6) is 0 Å². The lowest BCUT2D eigenvalue weighted by molar-refractivity contribution is -0.119. The SMILES string of the molecule is CCCCNC(=O)CN(c1ccc(N2CCN(C)CC2)cc1)S(C)(=O)=O. The van der Waals surface area contributed by atoms with Gasteiger partial charge in [-0.15, -0.1) is 0 Å². The van der Waals surface area contributed by atoms with E-state index >= 15 is 0 Å². The second-order valence-electron chi connectivity index (χ2n) is 6.78. The zero-order chi connectivity index (χ0) is 19.2. The molecule has 0 bridgehead atoms. The van der Waals surface area contributed by atoms with Crippen LogP contribution >= 0.6 is 0 Å². The Bertz CT molecular complexity index is 683. The maximum absolute atomic E-state index is 12.2. The summed E-state index contributed by atoms with van der Waals surface area (Å²) >= 11 is 0. The summed E-state index contributed by atoms with van der Waals surface area (Å²) in [5.41, 5.74) is 1.58. The van der Waals surface area contributed by atoms with Gasteiger partial charge in [-0.1, -0.05) is 13.3 Å². The van der Waals surface area contributed by atoms with Gasteiger partial charge in [-0.2, -0.15) is 0 Å². The maximum Gasteiger partial charge on any atom is 0.240 e. The van der Waals surface area contributed by atoms with Crippen LogP contribution in [0.3, 0.4) is 0 Å². The summed E-state index contributed by atoms with van der Waals surface area (Å²) in [5, 5.41) is 2.77. The molecule has 1 aliphatic rings. The maximum atomic E-state index is 12.2. The first-order chi connectivity index (χ1) is 12.3. The minimum absolute atomic E-state index is 0.198. The third kappa shape index (κ3) is 5.88. The second kappa shape index (κ2) is 9.23. The van der Waals surface area contributed by atoms with Crippen LogP contribution in [0.2, 0.25) is 0 Å². The predicted octanol–water partition coefficient (Wildman–Crippen LogP) is 1.12. The fourth-order valence-corrected chi connectivity index (χ4v) is 3.74. The number of likely N-dealkylation sites (N-methyl/N-ethyl adjacent to an activating group) is 1. The van der Waals surface area contributed by atoms with Crippen molar-refractivity contribution >= 4 is 27.3 Å². The molecule has 26 heavy (non-hydrogen) atoms. The Morgan fingerprint density at radius 3 is 2.31 bits per heavy atom. The number of piperazine rings is 1. The van der Waals surface area contributed by atoms with E-state index in [0.29, 0.717) is 12.2 Å². The summed E-state index contributed by atoms with van der Waals surface area (Å²) in [4.78, 5) is 16.6. The van der Waals surface area contributed by atoms with E-state index in [1.54, 1.807) is 12.1 Å². The van der Waals surface area contributed by atoms with Crippen molar-refractivity contribution in [2.24, 2.45) is 0 Å². The summed E-state index contributed by atoms with van der Waals surface area (Å²) < 4.78 is 25.5. The van der Waals surface area contributed by atoms with E-state index in [1.165, 1.54) is 0 Å². The number of anilines is 2. The van der Waals surface area contributed by atoms with E-state index < -0.39 is 10.0 Å². The Labute approximate surface area is 157 Å². The van der Waals surface area contributed by atoms with Crippen molar-refractivity contribution in [3.8, 4) is 0 Å². The van der Waals surface area contributed by atoms with E-state index in [9.17, 15) is 13.2 Å². The summed E-state index contributed by atoms with van der Waals surface area (Å²) in [5.74, 6) is -0.285. The van der Waals surface area contributed by atoms with Crippen LogP contribution in [0.25, 0.3) is 0 Å². The molecule has 1 saturated heterocycles. The zero-order valence-electron chi connectivity index (χ0n) is 15.9. The van der Waals surface area contributed by atoms with Gasteiger partial charge in [0.05, 0.1) is 11.9 Å². The van der Waals surface area contributed by atoms with E-state index in [4.69, 9.17) is 0 Å². The highest BCUT2D eigenvalue weighted by atomic mass is 32.2. The van der Waals surface area contributed by atoms with Gasteiger partial charge in [0.2, 0.25) is 15.9 Å². The molecule has 146 valence electrons. The quantitative estimate of drug-likeness (QED) is 0.682. The molecule has 0 aromatic heterocycles. The molecule has 2 rings (SSSR count). The summed E-state index contributed by atoms with van der Waals surface area (Å²) in [7, 11) is -1.43. The van der Waals surface area contributed by atoms with Crippen molar-refractivity contribution in [2.45, 2.75) is 19.8 Å². The molecule has 7 nitrogen and oxygen atoms in total. The van der Waals surface area contributed by atoms with E-state index in [2.05, 4.69) is 22.2 Å². The molecule has 1 amide bonds. The smallest absolute Gasteiger partial charge is 0.240 e. The molecular weight excluding hydrogens is 352 g/mol. The van der Waals surface area contributed by atoms with Crippen molar-refractivity contribution in [1.82, 2.24) is 10.2 Å². The van der Waals surface area contributed by atoms with Gasteiger partial charge in [0, 0.05) is 38.4 Å². The third-order valence-corrected chi connectivity index (χ3v) is 5.69. The van der Waals surface area contributed by atoms with Gasteiger partial charge >= 0.3 is 0 Å². The lowest BCUT2D eigenvalue weighted by atomic mass is 10.2. The van der Waals surface area contributed by atoms with Crippen LogP contribution < -0.4 is 14.5 Å². The normalized spacial score (nSPS) is 15.7. The first-order valence-electron chi connectivity index (χ1n) is 9.09. The van der Waals surface area contributed by atoms with Crippen LogP contribution in [0.15, 0.2) is 24.3 Å². The van der Waals surface area contributed by atoms with Gasteiger partial charge in [-0.05, 0) is 37.7 Å². The standard InChI is InChI=1S/C18H30N4O3S/c1-4-5-10-19-18(23)15-22(26(3,24)25)17-8-6-16(7-9-17)21-13-11-20(2)12-14-21/h6-9H,4-5,10-15H2,1-3H3,(H,19,23). The van der Waals surface area contributed by atoms with Crippen LogP contribution in [0.4, 0.5) is 11.4 Å². The highest BCUT2D eigenvalue weighted by Crippen LogP contribution is 2.23. The Balaban J connectivity index is 2.07. The van der Waals surface area contributed by atoms with Gasteiger partial charge in [0.1, 0.15) is 6.54 Å². The monoisotopic (exact) mass is 382 g/mol. The Morgan fingerprint density at radius 1 is 1.15 bits per heavy atom. The van der Waals surface area contributed by atoms with Crippen LogP contribution in [-0.4, -0.2) is 71.8 Å². The molecule has 0 aliphatic carbocycles. The van der Waals surface area contributed by atoms with Gasteiger partial charge in [0.25, 0.3) is 0 Å². The molecule has 0 atom stereocenters. The number of hydrogen-bond acceptors (Lipinski definition) is 5. The van der Waals surface area contributed by atoms with Crippen LogP contribution in [0.1, 0.15) is 19.8 Å². The van der Waals surface area contributed by atoms with Gasteiger partial charge in [-0.25, -0.2) is 8.42 Å². The van der Waals surface area contributed by atoms with E-state index in [1.807, 2.05) is 19.1 Å². The molecule has 0 unspecified atom stereocenters. The van der Waals surface area contributed by atoms with Gasteiger partial charge in [-0.3, -0.25) is 9.10 Å². The number of nitrogens with zero attached hydrogens (tertiary/aromatic N) is 3. The van der Waals surface area contributed by atoms with Gasteiger partial charge in [0.15, 0.2) is 0 Å². The molecule has 0 radical (unpaired) electrons. The highest BCUT2D eigenvalue weighted by molar-refractivity contribution is 7.92. The highest BCUT2D eigenvalue weighted by Gasteiger charge is 2.21. The Kier molecular flexibility index (Phi) is 7.28. The molecule has 0 saturated carbocycles. The van der Waals surface area contributed by atoms with Crippen molar-refractivity contribution in [2.75, 3.05) is 61.8 Å². The number of carbonyl (C=O) groups is 1. The van der Waals surface area contributed by atoms with Crippen molar-refractivity contribution < 1.29 is 13.2 Å². The number of benzene rings is 1. The molecular formula is C18H30N4O3S. The fourth-order valence-electron chi connectivity index (χ4n) is 2.89. The number of rotatable bonds is 8. The number of unbranched alkanes of at least 4 members (excludes halogenated alkanes) is 1. The number of carbonyl (C=O) groups excluding carboxylic acids is 1. The first-order valence-corrected chi connectivity index (χ1v) is 10.9. The minimum atomic E-state index is -3.54. The van der Waals surface area contributed by atoms with Gasteiger partial charge < -0.3 is 15.1 Å². The van der Waals surface area contributed by atoms with Crippen molar-refractivity contribution in [3.05, 3.63) is 24.3 Å². The molecule has 1 aromatic carbocycles. The van der Waals surface area contributed by atoms with Crippen molar-refractivity contribution in [1.29, 1.82) is 0 Å². The second-order valence-corrected chi connectivity index (χ2v) is 8.69. The van der Waals surface area contributed by atoms with E-state index in [-0.39, 0.29) is 12.5 Å². The molecule has 1 N–H and O–H groups in total. The molecule has 1 heterocycles. The largest absolute Gasteiger partial charge is 0.369 e. The lowest BCUT2D eigenvalue weighted by Crippen LogP contribution is -2.44. The number of hydrogen-bond donors (Lipinski definition) is 1. The zero-order valence-corrected chi connectivity index (χ0v) is 16.8. The number of sulfonamides is 1. The molecule has 1 aromatic rings. The molecule has 0 spiro atoms. The molecule has 1 aliphatic heterocycles. The van der Waals surface area contributed by atoms with Crippen molar-refractivity contribution in [3.63, 3.8) is 0 Å². The van der Waals surface area contributed by atoms with Crippen LogP contribution in [0, 0.1) is 0 Å². The fraction of sp³-hybridized carbons (Fsp3) is 0.611. The average Bonchev–Trinajstić information content (AvgIpc) is 2.60. The summed E-state index contributed by atoms with van der Waals surface area (Å²) in [6.45, 7) is 6.32. The molecule has 1 fully saturated rings. The number of nitrogens with one attached hydrogen (secondary N) is 1. The number of amides is 1. The topological polar surface area (TPSA) is 73.0 Å². The summed E-state index contributed by atoms with van der Waals surface area (Å²) in [6.07, 6.45) is 2.98. The predicted molar refractivity (Wildman–Crippen MR) is 106 cm³/mol. The lowest BCUT2D eigenvalue weighted by Gasteiger charge is -2.34. The third-order valence-electron chi connectivity index (χ3n) is 4.55. The summed E-state index contributed by atoms with van der Waals surface area (Å²) in [6, 6.07) is 7.39. The Morgan fingerprint density at radius 2 is 1.77 bits per heavy atom. The van der Waals surface area contributed by atoms with E-state index in [0.717, 1.165) is 55.3 Å². The first kappa shape index (κ1) is 20.5.